The quantitative estimate of drug-likeness (QED) is 0.564. The molecule has 3 atom stereocenters. The van der Waals surface area contributed by atoms with Crippen LogP contribution in [0.3, 0.4) is 0 Å². The van der Waals surface area contributed by atoms with Crippen LogP contribution in [0.4, 0.5) is 0 Å². The number of hydrogen-bond donors (Lipinski definition) is 2. The van der Waals surface area contributed by atoms with Crippen molar-refractivity contribution in [2.45, 2.75) is 24.9 Å². The van der Waals surface area contributed by atoms with Gasteiger partial charge in [0.05, 0.1) is 19.3 Å². The van der Waals surface area contributed by atoms with Crippen LogP contribution in [0.1, 0.15) is 5.56 Å². The van der Waals surface area contributed by atoms with E-state index in [4.69, 9.17) is 21.4 Å². The third-order valence-electron chi connectivity index (χ3n) is 3.38. The molecule has 1 aromatic carbocycles. The molecule has 0 radical (unpaired) electrons. The first-order valence-corrected chi connectivity index (χ1v) is 7.03. The van der Waals surface area contributed by atoms with Crippen LogP contribution in [0.2, 0.25) is 0 Å². The molecule has 20 heavy (non-hydrogen) atoms. The van der Waals surface area contributed by atoms with Gasteiger partial charge in [0.2, 0.25) is 0 Å². The predicted molar refractivity (Wildman–Crippen MR) is 74.3 cm³/mol. The molecular weight excluding hydrogens is 282 g/mol. The topological polar surface area (TPSA) is 70.0 Å². The van der Waals surface area contributed by atoms with Crippen molar-refractivity contribution in [2.75, 3.05) is 19.0 Å². The van der Waals surface area contributed by atoms with E-state index in [9.17, 15) is 9.90 Å². The maximum Gasteiger partial charge on any atom is 0.254 e. The summed E-state index contributed by atoms with van der Waals surface area (Å²) < 4.78 is 5.58. The van der Waals surface area contributed by atoms with Crippen LogP contribution in [0.25, 0.3) is 0 Å². The molecular formula is C14H18ClNO4. The fourth-order valence-electron chi connectivity index (χ4n) is 2.34. The number of aliphatic hydroxyl groups excluding tert-OH is 2. The van der Waals surface area contributed by atoms with Gasteiger partial charge < -0.3 is 19.8 Å². The van der Waals surface area contributed by atoms with Gasteiger partial charge in [-0.15, -0.1) is 11.6 Å². The van der Waals surface area contributed by atoms with Crippen LogP contribution in [0.5, 0.6) is 0 Å². The number of aliphatic hydroxyl groups is 2. The number of rotatable bonds is 7. The van der Waals surface area contributed by atoms with E-state index in [1.54, 1.807) is 0 Å². The van der Waals surface area contributed by atoms with Gasteiger partial charge in [0.1, 0.15) is 6.10 Å². The van der Waals surface area contributed by atoms with Gasteiger partial charge in [0.25, 0.3) is 5.91 Å². The SMILES string of the molecule is O=C1[C@H](OCc2ccccc2)[C@H]([C@H](O)CO)N1CCCl. The second-order valence-corrected chi connectivity index (χ2v) is 5.06. The number of β-lactam (4-membered cyclic amide) rings is 1. The molecule has 6 heteroatoms. The lowest BCUT2D eigenvalue weighted by molar-refractivity contribution is -0.188. The van der Waals surface area contributed by atoms with Crippen molar-refractivity contribution < 1.29 is 19.7 Å². The number of likely N-dealkylation sites (tertiary alicyclic amines) is 1. The minimum Gasteiger partial charge on any atom is -0.394 e. The molecule has 0 bridgehead atoms. The number of hydrogen-bond acceptors (Lipinski definition) is 4. The molecule has 1 aliphatic rings. The summed E-state index contributed by atoms with van der Waals surface area (Å²) in [6, 6.07) is 8.95. The molecule has 1 heterocycles. The second-order valence-electron chi connectivity index (χ2n) is 4.68. The van der Waals surface area contributed by atoms with E-state index >= 15 is 0 Å². The van der Waals surface area contributed by atoms with E-state index < -0.39 is 24.9 Å². The molecule has 1 saturated heterocycles. The Kier molecular flexibility index (Phi) is 5.37. The highest BCUT2D eigenvalue weighted by molar-refractivity contribution is 6.18. The lowest BCUT2D eigenvalue weighted by Gasteiger charge is -2.48. The Morgan fingerprint density at radius 1 is 1.35 bits per heavy atom. The normalized spacial score (nSPS) is 23.6. The lowest BCUT2D eigenvalue weighted by Crippen LogP contribution is -2.70. The third-order valence-corrected chi connectivity index (χ3v) is 3.54. The number of benzene rings is 1. The van der Waals surface area contributed by atoms with Crippen LogP contribution in [0, 0.1) is 0 Å². The first-order valence-electron chi connectivity index (χ1n) is 6.50. The summed E-state index contributed by atoms with van der Waals surface area (Å²) in [5.41, 5.74) is 0.952. The molecule has 1 fully saturated rings. The average molecular weight is 300 g/mol. The van der Waals surface area contributed by atoms with Gasteiger partial charge >= 0.3 is 0 Å². The summed E-state index contributed by atoms with van der Waals surface area (Å²) >= 11 is 5.63. The third kappa shape index (κ3) is 3.12. The monoisotopic (exact) mass is 299 g/mol. The molecule has 0 aliphatic carbocycles. The predicted octanol–water partition coefficient (Wildman–Crippen LogP) is 0.375. The van der Waals surface area contributed by atoms with E-state index in [-0.39, 0.29) is 11.8 Å². The van der Waals surface area contributed by atoms with Gasteiger partial charge in [-0.25, -0.2) is 0 Å². The largest absolute Gasteiger partial charge is 0.394 e. The van der Waals surface area contributed by atoms with Crippen LogP contribution in [0.15, 0.2) is 30.3 Å². The first-order chi connectivity index (χ1) is 9.69. The second kappa shape index (κ2) is 7.04. The molecule has 2 N–H and O–H groups in total. The zero-order valence-electron chi connectivity index (χ0n) is 11.0. The van der Waals surface area contributed by atoms with Gasteiger partial charge in [0, 0.05) is 12.4 Å². The van der Waals surface area contributed by atoms with Crippen molar-refractivity contribution in [3.8, 4) is 0 Å². The zero-order chi connectivity index (χ0) is 14.5. The number of amides is 1. The summed E-state index contributed by atoms with van der Waals surface area (Å²) in [4.78, 5) is 13.4. The number of halogens is 1. The highest BCUT2D eigenvalue weighted by atomic mass is 35.5. The van der Waals surface area contributed by atoms with Gasteiger partial charge in [-0.05, 0) is 5.56 Å². The maximum absolute atomic E-state index is 12.0. The summed E-state index contributed by atoms with van der Waals surface area (Å²) in [5.74, 6) is 0.0882. The van der Waals surface area contributed by atoms with Gasteiger partial charge in [0.15, 0.2) is 6.10 Å². The summed E-state index contributed by atoms with van der Waals surface area (Å²) in [6.07, 6.45) is -1.74. The highest BCUT2D eigenvalue weighted by Crippen LogP contribution is 2.26. The fraction of sp³-hybridized carbons (Fsp3) is 0.500. The molecule has 0 aromatic heterocycles. The summed E-state index contributed by atoms with van der Waals surface area (Å²) in [5, 5.41) is 18.9. The lowest BCUT2D eigenvalue weighted by atomic mass is 9.92. The van der Waals surface area contributed by atoms with E-state index in [1.165, 1.54) is 4.90 Å². The van der Waals surface area contributed by atoms with Gasteiger partial charge in [-0.3, -0.25) is 4.79 Å². The smallest absolute Gasteiger partial charge is 0.254 e. The molecule has 2 rings (SSSR count). The van der Waals surface area contributed by atoms with Crippen molar-refractivity contribution in [1.29, 1.82) is 0 Å². The average Bonchev–Trinajstić information content (AvgIpc) is 2.49. The highest BCUT2D eigenvalue weighted by Gasteiger charge is 2.51. The molecule has 0 spiro atoms. The Balaban J connectivity index is 1.97. The van der Waals surface area contributed by atoms with Crippen LogP contribution < -0.4 is 0 Å². The van der Waals surface area contributed by atoms with E-state index in [0.717, 1.165) is 5.56 Å². The van der Waals surface area contributed by atoms with Crippen molar-refractivity contribution in [1.82, 2.24) is 4.90 Å². The molecule has 110 valence electrons. The summed E-state index contributed by atoms with van der Waals surface area (Å²) in [7, 11) is 0. The van der Waals surface area contributed by atoms with Gasteiger partial charge in [-0.1, -0.05) is 30.3 Å². The minimum atomic E-state index is -1.02. The molecule has 1 aromatic rings. The zero-order valence-corrected chi connectivity index (χ0v) is 11.7. The summed E-state index contributed by atoms with van der Waals surface area (Å²) in [6.45, 7) is 0.218. The van der Waals surface area contributed by atoms with Gasteiger partial charge in [-0.2, -0.15) is 0 Å². The number of carbonyl (C=O) groups is 1. The van der Waals surface area contributed by atoms with E-state index in [0.29, 0.717) is 13.2 Å². The van der Waals surface area contributed by atoms with Crippen LogP contribution in [-0.4, -0.2) is 58.3 Å². The van der Waals surface area contributed by atoms with Crippen molar-refractivity contribution >= 4 is 17.5 Å². The number of carbonyl (C=O) groups excluding carboxylic acids is 1. The van der Waals surface area contributed by atoms with Crippen LogP contribution in [-0.2, 0) is 16.1 Å². The van der Waals surface area contributed by atoms with E-state index in [1.807, 2.05) is 30.3 Å². The number of alkyl halides is 1. The number of ether oxygens (including phenoxy) is 1. The first kappa shape index (κ1) is 15.3. The minimum absolute atomic E-state index is 0.195. The molecule has 0 unspecified atom stereocenters. The Bertz CT molecular complexity index is 442. The van der Waals surface area contributed by atoms with Crippen molar-refractivity contribution in [3.05, 3.63) is 35.9 Å². The molecule has 0 saturated carbocycles. The fourth-order valence-corrected chi connectivity index (χ4v) is 2.52. The molecule has 5 nitrogen and oxygen atoms in total. The van der Waals surface area contributed by atoms with Crippen molar-refractivity contribution in [3.63, 3.8) is 0 Å². The Morgan fingerprint density at radius 2 is 2.05 bits per heavy atom. The van der Waals surface area contributed by atoms with E-state index in [2.05, 4.69) is 0 Å². The standard InChI is InChI=1S/C14H18ClNO4/c15-6-7-16-12(11(18)8-17)13(14(16)19)20-9-10-4-2-1-3-5-10/h1-5,11-13,17-18H,6-9H2/t11-,12+,13-/m1/s1. The van der Waals surface area contributed by atoms with Crippen molar-refractivity contribution in [2.24, 2.45) is 0 Å². The molecule has 1 aliphatic heterocycles. The maximum atomic E-state index is 12.0. The van der Waals surface area contributed by atoms with Crippen LogP contribution >= 0.6 is 11.6 Å². The Morgan fingerprint density at radius 3 is 2.65 bits per heavy atom. The molecule has 1 amide bonds. The Labute approximate surface area is 122 Å². The Hall–Kier alpha value is -1.14. The number of nitrogens with zero attached hydrogens (tertiary/aromatic N) is 1.